The lowest BCUT2D eigenvalue weighted by Gasteiger charge is -2.29. The first-order valence-electron chi connectivity index (χ1n) is 5.84. The highest BCUT2D eigenvalue weighted by Crippen LogP contribution is 2.34. The molecule has 92 valence electrons. The van der Waals surface area contributed by atoms with Gasteiger partial charge in [-0.15, -0.1) is 0 Å². The molecule has 0 saturated heterocycles. The van der Waals surface area contributed by atoms with Crippen molar-refractivity contribution in [3.63, 3.8) is 0 Å². The highest BCUT2D eigenvalue weighted by atomic mass is 16.5. The van der Waals surface area contributed by atoms with Crippen molar-refractivity contribution in [2.45, 2.75) is 32.4 Å². The minimum absolute atomic E-state index is 0.0612. The summed E-state index contributed by atoms with van der Waals surface area (Å²) in [6.07, 6.45) is 0.801. The monoisotopic (exact) mass is 235 g/mol. The number of ether oxygens (including phenoxy) is 1. The molecule has 1 aliphatic rings. The fraction of sp³-hybridized carbons (Fsp3) is 0.462. The summed E-state index contributed by atoms with van der Waals surface area (Å²) in [5.41, 5.74) is 1.11. The van der Waals surface area contributed by atoms with Gasteiger partial charge in [-0.2, -0.15) is 0 Å². The topological polar surface area (TPSA) is 58.6 Å². The average Bonchev–Trinajstić information content (AvgIpc) is 2.27. The van der Waals surface area contributed by atoms with Gasteiger partial charge in [0.15, 0.2) is 0 Å². The molecule has 1 atom stereocenters. The van der Waals surface area contributed by atoms with Gasteiger partial charge in [0.1, 0.15) is 5.75 Å². The molecule has 1 aromatic rings. The summed E-state index contributed by atoms with van der Waals surface area (Å²) in [4.78, 5) is 11.2. The zero-order valence-electron chi connectivity index (χ0n) is 10.1. The molecule has 0 saturated carbocycles. The molecule has 2 N–H and O–H groups in total. The maximum atomic E-state index is 11.2. The molecular formula is C13H17NO3. The number of aromatic carboxylic acids is 1. The SMILES string of the molecule is CC(C)NC1CCOc2cccc(C(=O)O)c21. The van der Waals surface area contributed by atoms with Crippen LogP contribution in [0.3, 0.4) is 0 Å². The Labute approximate surface area is 101 Å². The van der Waals surface area contributed by atoms with E-state index in [2.05, 4.69) is 19.2 Å². The first kappa shape index (κ1) is 11.9. The second-order valence-electron chi connectivity index (χ2n) is 4.53. The van der Waals surface area contributed by atoms with Crippen LogP contribution in [-0.2, 0) is 0 Å². The number of hydrogen-bond donors (Lipinski definition) is 2. The number of benzene rings is 1. The Morgan fingerprint density at radius 1 is 1.53 bits per heavy atom. The number of rotatable bonds is 3. The van der Waals surface area contributed by atoms with Gasteiger partial charge < -0.3 is 15.2 Å². The van der Waals surface area contributed by atoms with Crippen molar-refractivity contribution in [1.29, 1.82) is 0 Å². The van der Waals surface area contributed by atoms with Gasteiger partial charge in [-0.05, 0) is 12.1 Å². The quantitative estimate of drug-likeness (QED) is 0.843. The summed E-state index contributed by atoms with van der Waals surface area (Å²) in [7, 11) is 0. The molecule has 4 heteroatoms. The van der Waals surface area contributed by atoms with E-state index in [-0.39, 0.29) is 6.04 Å². The summed E-state index contributed by atoms with van der Waals surface area (Å²) in [6, 6.07) is 5.56. The van der Waals surface area contributed by atoms with E-state index in [4.69, 9.17) is 4.74 Å². The normalized spacial score (nSPS) is 18.6. The average molecular weight is 235 g/mol. The lowest BCUT2D eigenvalue weighted by atomic mass is 9.94. The molecule has 1 heterocycles. The Bertz CT molecular complexity index is 429. The van der Waals surface area contributed by atoms with Crippen LogP contribution in [0.2, 0.25) is 0 Å². The van der Waals surface area contributed by atoms with Gasteiger partial charge in [-0.1, -0.05) is 19.9 Å². The Hall–Kier alpha value is -1.55. The fourth-order valence-corrected chi connectivity index (χ4v) is 2.22. The van der Waals surface area contributed by atoms with Crippen LogP contribution in [0.5, 0.6) is 5.75 Å². The highest BCUT2D eigenvalue weighted by Gasteiger charge is 2.26. The molecule has 0 radical (unpaired) electrons. The van der Waals surface area contributed by atoms with Crippen LogP contribution < -0.4 is 10.1 Å². The van der Waals surface area contributed by atoms with Crippen molar-refractivity contribution in [1.82, 2.24) is 5.32 Å². The molecule has 0 fully saturated rings. The van der Waals surface area contributed by atoms with Crippen LogP contribution in [0.1, 0.15) is 42.2 Å². The summed E-state index contributed by atoms with van der Waals surface area (Å²) in [6.45, 7) is 4.73. The predicted octanol–water partition coefficient (Wildman–Crippen LogP) is 2.21. The Morgan fingerprint density at radius 2 is 2.29 bits per heavy atom. The lowest BCUT2D eigenvalue weighted by molar-refractivity contribution is 0.0692. The van der Waals surface area contributed by atoms with Gasteiger partial charge in [0.2, 0.25) is 0 Å². The Kier molecular flexibility index (Phi) is 3.33. The van der Waals surface area contributed by atoms with E-state index in [1.165, 1.54) is 0 Å². The van der Waals surface area contributed by atoms with Crippen molar-refractivity contribution in [2.24, 2.45) is 0 Å². The lowest BCUT2D eigenvalue weighted by Crippen LogP contribution is -2.33. The van der Waals surface area contributed by atoms with Crippen molar-refractivity contribution >= 4 is 5.97 Å². The molecule has 0 aromatic heterocycles. The van der Waals surface area contributed by atoms with Gasteiger partial charge in [-0.25, -0.2) is 4.79 Å². The summed E-state index contributed by atoms with van der Waals surface area (Å²) >= 11 is 0. The van der Waals surface area contributed by atoms with Crippen LogP contribution >= 0.6 is 0 Å². The van der Waals surface area contributed by atoms with Crippen molar-refractivity contribution in [3.8, 4) is 5.75 Å². The zero-order valence-corrected chi connectivity index (χ0v) is 10.1. The maximum absolute atomic E-state index is 11.2. The van der Waals surface area contributed by atoms with Gasteiger partial charge >= 0.3 is 5.97 Å². The molecule has 1 aliphatic heterocycles. The van der Waals surface area contributed by atoms with E-state index in [1.54, 1.807) is 12.1 Å². The molecule has 2 rings (SSSR count). The molecule has 17 heavy (non-hydrogen) atoms. The van der Waals surface area contributed by atoms with E-state index < -0.39 is 5.97 Å². The highest BCUT2D eigenvalue weighted by molar-refractivity contribution is 5.90. The second kappa shape index (κ2) is 4.75. The molecule has 1 unspecified atom stereocenters. The predicted molar refractivity (Wildman–Crippen MR) is 64.5 cm³/mol. The van der Waals surface area contributed by atoms with Crippen LogP contribution in [0.4, 0.5) is 0 Å². The standard InChI is InChI=1S/C13H17NO3/c1-8(2)14-10-6-7-17-11-5-3-4-9(12(10)11)13(15)16/h3-5,8,10,14H,6-7H2,1-2H3,(H,15,16). The number of carbonyl (C=O) groups is 1. The molecular weight excluding hydrogens is 218 g/mol. The summed E-state index contributed by atoms with van der Waals surface area (Å²) < 4.78 is 5.52. The van der Waals surface area contributed by atoms with E-state index in [1.807, 2.05) is 6.07 Å². The molecule has 0 amide bonds. The minimum atomic E-state index is -0.900. The molecule has 4 nitrogen and oxygen atoms in total. The van der Waals surface area contributed by atoms with Crippen LogP contribution in [0.25, 0.3) is 0 Å². The van der Waals surface area contributed by atoms with Gasteiger partial charge in [0.05, 0.1) is 12.2 Å². The van der Waals surface area contributed by atoms with E-state index in [0.29, 0.717) is 24.0 Å². The number of nitrogens with one attached hydrogen (secondary N) is 1. The fourth-order valence-electron chi connectivity index (χ4n) is 2.22. The molecule has 0 bridgehead atoms. The second-order valence-corrected chi connectivity index (χ2v) is 4.53. The van der Waals surface area contributed by atoms with Crippen molar-refractivity contribution in [3.05, 3.63) is 29.3 Å². The summed E-state index contributed by atoms with van der Waals surface area (Å²) in [5.74, 6) is -0.211. The Morgan fingerprint density at radius 3 is 2.94 bits per heavy atom. The molecule has 0 spiro atoms. The third-order valence-corrected chi connectivity index (χ3v) is 2.84. The largest absolute Gasteiger partial charge is 0.493 e. The third kappa shape index (κ3) is 2.42. The zero-order chi connectivity index (χ0) is 12.4. The van der Waals surface area contributed by atoms with Crippen LogP contribution in [0, 0.1) is 0 Å². The number of carboxylic acid groups (broad SMARTS) is 1. The first-order valence-corrected chi connectivity index (χ1v) is 5.84. The smallest absolute Gasteiger partial charge is 0.336 e. The van der Waals surface area contributed by atoms with Gasteiger partial charge in [-0.3, -0.25) is 0 Å². The van der Waals surface area contributed by atoms with Gasteiger partial charge in [0, 0.05) is 24.1 Å². The van der Waals surface area contributed by atoms with Crippen molar-refractivity contribution in [2.75, 3.05) is 6.61 Å². The van der Waals surface area contributed by atoms with E-state index in [9.17, 15) is 9.90 Å². The van der Waals surface area contributed by atoms with Crippen molar-refractivity contribution < 1.29 is 14.6 Å². The minimum Gasteiger partial charge on any atom is -0.493 e. The maximum Gasteiger partial charge on any atom is 0.336 e. The first-order chi connectivity index (χ1) is 8.09. The molecule has 1 aromatic carbocycles. The van der Waals surface area contributed by atoms with Crippen LogP contribution in [-0.4, -0.2) is 23.7 Å². The molecule has 0 aliphatic carbocycles. The van der Waals surface area contributed by atoms with E-state index in [0.717, 1.165) is 12.0 Å². The van der Waals surface area contributed by atoms with Gasteiger partial charge in [0.25, 0.3) is 0 Å². The Balaban J connectivity index is 2.43. The van der Waals surface area contributed by atoms with E-state index >= 15 is 0 Å². The number of hydrogen-bond acceptors (Lipinski definition) is 3. The van der Waals surface area contributed by atoms with Crippen LogP contribution in [0.15, 0.2) is 18.2 Å². The summed E-state index contributed by atoms with van der Waals surface area (Å²) in [5, 5.41) is 12.6. The number of fused-ring (bicyclic) bond motifs is 1. The third-order valence-electron chi connectivity index (χ3n) is 2.84. The number of carboxylic acids is 1.